The summed E-state index contributed by atoms with van der Waals surface area (Å²) in [7, 11) is 0. The second kappa shape index (κ2) is 5.99. The summed E-state index contributed by atoms with van der Waals surface area (Å²) in [5, 5.41) is 2.69. The molecule has 0 aliphatic carbocycles. The van der Waals surface area contributed by atoms with E-state index < -0.39 is 0 Å². The molecular formula is C20H30. The van der Waals surface area contributed by atoms with E-state index in [4.69, 9.17) is 0 Å². The van der Waals surface area contributed by atoms with Crippen LogP contribution in [-0.4, -0.2) is 0 Å². The van der Waals surface area contributed by atoms with Crippen LogP contribution in [0.25, 0.3) is 10.8 Å². The molecule has 0 atom stereocenters. The van der Waals surface area contributed by atoms with Crippen LogP contribution < -0.4 is 0 Å². The van der Waals surface area contributed by atoms with Gasteiger partial charge in [0.05, 0.1) is 0 Å². The normalized spacial score (nSPS) is 12.0. The fourth-order valence-electron chi connectivity index (χ4n) is 2.18. The molecule has 0 nitrogen and oxygen atoms in total. The van der Waals surface area contributed by atoms with Gasteiger partial charge in [0, 0.05) is 0 Å². The summed E-state index contributed by atoms with van der Waals surface area (Å²) in [6.45, 7) is 17.6. The van der Waals surface area contributed by atoms with Gasteiger partial charge in [0.15, 0.2) is 0 Å². The topological polar surface area (TPSA) is 0 Å². The highest BCUT2D eigenvalue weighted by Gasteiger charge is 2.16. The number of hydrogen-bond donors (Lipinski definition) is 0. The summed E-state index contributed by atoms with van der Waals surface area (Å²) in [6.07, 6.45) is 0. The van der Waals surface area contributed by atoms with E-state index in [0.717, 1.165) is 0 Å². The number of rotatable bonds is 0. The van der Waals surface area contributed by atoms with E-state index in [1.54, 1.807) is 0 Å². The van der Waals surface area contributed by atoms with Gasteiger partial charge < -0.3 is 0 Å². The third kappa shape index (κ3) is 3.85. The highest BCUT2D eigenvalue weighted by molar-refractivity contribution is 5.84. The summed E-state index contributed by atoms with van der Waals surface area (Å²) in [5.41, 5.74) is 3.24. The van der Waals surface area contributed by atoms with Crippen LogP contribution in [0.4, 0.5) is 0 Å². The van der Waals surface area contributed by atoms with Crippen molar-refractivity contribution in [2.45, 2.75) is 66.2 Å². The highest BCUT2D eigenvalue weighted by Crippen LogP contribution is 2.29. The summed E-state index contributed by atoms with van der Waals surface area (Å²) in [6, 6.07) is 13.7. The average Bonchev–Trinajstić information content (AvgIpc) is 2.37. The van der Waals surface area contributed by atoms with Gasteiger partial charge in [0.1, 0.15) is 0 Å². The largest absolute Gasteiger partial charge is 0.0683 e. The van der Waals surface area contributed by atoms with Crippen LogP contribution in [0.15, 0.2) is 36.4 Å². The second-order valence-corrected chi connectivity index (χ2v) is 7.28. The van der Waals surface area contributed by atoms with Gasteiger partial charge in [-0.1, -0.05) is 91.8 Å². The molecule has 0 unspecified atom stereocenters. The molecule has 0 amide bonds. The van der Waals surface area contributed by atoms with E-state index in [-0.39, 0.29) is 10.8 Å². The summed E-state index contributed by atoms with van der Waals surface area (Å²) in [4.78, 5) is 0. The van der Waals surface area contributed by atoms with Gasteiger partial charge in [0.25, 0.3) is 0 Å². The molecule has 0 heterocycles. The molecule has 0 bridgehead atoms. The van der Waals surface area contributed by atoms with Gasteiger partial charge in [-0.25, -0.2) is 0 Å². The maximum absolute atomic E-state index is 2.34. The Balaban J connectivity index is 0.000000956. The first-order chi connectivity index (χ1) is 9.18. The Morgan fingerprint density at radius 2 is 0.900 bits per heavy atom. The van der Waals surface area contributed by atoms with Crippen LogP contribution in [0.3, 0.4) is 0 Å². The lowest BCUT2D eigenvalue weighted by molar-refractivity contribution is 0.589. The minimum Gasteiger partial charge on any atom is -0.0683 e. The first-order valence-electron chi connectivity index (χ1n) is 7.73. The van der Waals surface area contributed by atoms with E-state index in [0.29, 0.717) is 0 Å². The second-order valence-electron chi connectivity index (χ2n) is 7.28. The van der Waals surface area contributed by atoms with Crippen molar-refractivity contribution in [1.29, 1.82) is 0 Å². The zero-order valence-corrected chi connectivity index (χ0v) is 14.5. The number of fused-ring (bicyclic) bond motifs is 1. The summed E-state index contributed by atoms with van der Waals surface area (Å²) < 4.78 is 0. The third-order valence-electron chi connectivity index (χ3n) is 3.57. The zero-order valence-electron chi connectivity index (χ0n) is 14.5. The molecular weight excluding hydrogens is 240 g/mol. The molecule has 0 aliphatic rings. The van der Waals surface area contributed by atoms with Crippen molar-refractivity contribution in [3.8, 4) is 0 Å². The van der Waals surface area contributed by atoms with Crippen LogP contribution in [0.1, 0.15) is 66.5 Å². The molecule has 0 fully saturated rings. The molecule has 0 aromatic heterocycles. The van der Waals surface area contributed by atoms with Crippen LogP contribution in [-0.2, 0) is 10.8 Å². The first kappa shape index (κ1) is 16.8. The van der Waals surface area contributed by atoms with E-state index in [2.05, 4.69) is 77.9 Å². The van der Waals surface area contributed by atoms with Gasteiger partial charge in [-0.2, -0.15) is 0 Å². The minimum absolute atomic E-state index is 0.214. The van der Waals surface area contributed by atoms with Gasteiger partial charge in [-0.3, -0.25) is 0 Å². The Morgan fingerprint density at radius 3 is 1.20 bits per heavy atom. The molecule has 0 radical (unpaired) electrons. The van der Waals surface area contributed by atoms with E-state index in [9.17, 15) is 0 Å². The van der Waals surface area contributed by atoms with E-state index in [1.165, 1.54) is 21.9 Å². The van der Waals surface area contributed by atoms with Crippen LogP contribution in [0.5, 0.6) is 0 Å². The molecule has 0 aliphatic heterocycles. The van der Waals surface area contributed by atoms with Crippen molar-refractivity contribution in [2.24, 2.45) is 0 Å². The number of hydrogen-bond acceptors (Lipinski definition) is 0. The summed E-state index contributed by atoms with van der Waals surface area (Å²) in [5.74, 6) is 0. The Hall–Kier alpha value is -1.30. The van der Waals surface area contributed by atoms with Crippen molar-refractivity contribution in [2.75, 3.05) is 0 Å². The van der Waals surface area contributed by atoms with Crippen molar-refractivity contribution in [1.82, 2.24) is 0 Å². The molecule has 0 spiro atoms. The molecule has 20 heavy (non-hydrogen) atoms. The first-order valence-corrected chi connectivity index (χ1v) is 7.73. The Kier molecular flexibility index (Phi) is 5.02. The molecule has 0 N–H and O–H groups in total. The smallest absolute Gasteiger partial charge is 0.0132 e. The predicted octanol–water partition coefficient (Wildman–Crippen LogP) is 6.46. The SMILES string of the molecule is CC.CC(C)(C)c1ccc2ccc(C(C)(C)C)cc2c1. The van der Waals surface area contributed by atoms with Crippen molar-refractivity contribution < 1.29 is 0 Å². The molecule has 0 heteroatoms. The summed E-state index contributed by atoms with van der Waals surface area (Å²) >= 11 is 0. The molecule has 2 aromatic rings. The Morgan fingerprint density at radius 1 is 0.550 bits per heavy atom. The Labute approximate surface area is 125 Å². The standard InChI is InChI=1S/C18H24.C2H6/c1-17(2,3)15-9-7-13-8-10-16(18(4,5)6)12-14(13)11-15;1-2/h7-12H,1-6H3;1-2H3. The van der Waals surface area contributed by atoms with Crippen LogP contribution in [0, 0.1) is 0 Å². The average molecular weight is 270 g/mol. The minimum atomic E-state index is 0.214. The fourth-order valence-corrected chi connectivity index (χ4v) is 2.18. The fraction of sp³-hybridized carbons (Fsp3) is 0.500. The van der Waals surface area contributed by atoms with Crippen molar-refractivity contribution in [3.63, 3.8) is 0 Å². The lowest BCUT2D eigenvalue weighted by Crippen LogP contribution is -2.12. The quantitative estimate of drug-likeness (QED) is 0.515. The van der Waals surface area contributed by atoms with E-state index in [1.807, 2.05) is 13.8 Å². The van der Waals surface area contributed by atoms with Crippen molar-refractivity contribution >= 4 is 10.8 Å². The van der Waals surface area contributed by atoms with Crippen LogP contribution in [0.2, 0.25) is 0 Å². The maximum Gasteiger partial charge on any atom is -0.0132 e. The van der Waals surface area contributed by atoms with Gasteiger partial charge in [-0.05, 0) is 32.7 Å². The predicted molar refractivity (Wildman–Crippen MR) is 92.7 cm³/mol. The van der Waals surface area contributed by atoms with Crippen LogP contribution >= 0.6 is 0 Å². The molecule has 2 aromatic carbocycles. The van der Waals surface area contributed by atoms with Crippen molar-refractivity contribution in [3.05, 3.63) is 47.5 Å². The molecule has 0 saturated heterocycles. The maximum atomic E-state index is 2.34. The highest BCUT2D eigenvalue weighted by atomic mass is 14.2. The van der Waals surface area contributed by atoms with Gasteiger partial charge >= 0.3 is 0 Å². The molecule has 0 saturated carbocycles. The monoisotopic (exact) mass is 270 g/mol. The third-order valence-corrected chi connectivity index (χ3v) is 3.57. The Bertz CT molecular complexity index is 514. The zero-order chi connectivity index (χ0) is 15.6. The van der Waals surface area contributed by atoms with Gasteiger partial charge in [0.2, 0.25) is 0 Å². The van der Waals surface area contributed by atoms with Gasteiger partial charge in [-0.15, -0.1) is 0 Å². The lowest BCUT2D eigenvalue weighted by Gasteiger charge is -2.22. The molecule has 110 valence electrons. The number of benzene rings is 2. The lowest BCUT2D eigenvalue weighted by atomic mass is 9.83. The molecule has 2 rings (SSSR count). The van der Waals surface area contributed by atoms with E-state index >= 15 is 0 Å².